The van der Waals surface area contributed by atoms with Crippen molar-refractivity contribution >= 4 is 46.8 Å². The van der Waals surface area contributed by atoms with Crippen LogP contribution in [-0.4, -0.2) is 135 Å². The van der Waals surface area contributed by atoms with Crippen LogP contribution in [0, 0.1) is 5.82 Å². The number of benzene rings is 3. The van der Waals surface area contributed by atoms with Crippen LogP contribution in [0.25, 0.3) is 11.5 Å². The number of amides is 6. The van der Waals surface area contributed by atoms with E-state index in [-0.39, 0.29) is 54.1 Å². The van der Waals surface area contributed by atoms with E-state index >= 15 is 4.39 Å². The Morgan fingerprint density at radius 2 is 1.62 bits per heavy atom. The lowest BCUT2D eigenvalue weighted by molar-refractivity contribution is -0.137. The molecule has 2 aromatic heterocycles. The fraction of sp³-hybridized carbons (Fsp3) is 0.400. The van der Waals surface area contributed by atoms with Crippen LogP contribution in [0.5, 0.6) is 5.75 Å². The summed E-state index contributed by atoms with van der Waals surface area (Å²) >= 11 is 0. The second-order valence-corrected chi connectivity index (χ2v) is 17.4. The van der Waals surface area contributed by atoms with Gasteiger partial charge in [-0.1, -0.05) is 18.2 Å². The molecule has 3 aliphatic rings. The number of carbonyl (C=O) groups is 6. The summed E-state index contributed by atoms with van der Waals surface area (Å²) in [4.78, 5) is 88.8. The number of aromatic nitrogens is 5. The van der Waals surface area contributed by atoms with Gasteiger partial charge < -0.3 is 39.2 Å². The molecular formula is C50H56FN11O9. The number of unbranched alkanes of at least 4 members (excludes halogenated alkanes) is 2. The maximum atomic E-state index is 15.3. The Balaban J connectivity index is 0.659. The van der Waals surface area contributed by atoms with Crippen LogP contribution < -0.4 is 25.6 Å². The minimum absolute atomic E-state index is 0.00354. The SMILES string of the molecule is C[C@@H](NC(=O)c1cccc(NCc2nnc(-c3ccncn3)n2C)c1)c1cccc(OCCCCCOCCCOCC(=O)N2CCN(c3cc4c(cc3F)C(=O)N(C3CCC(=O)NC3=O)C4=O)CC2)c1. The molecule has 0 radical (unpaired) electrons. The summed E-state index contributed by atoms with van der Waals surface area (Å²) in [6.45, 7) is 5.44. The van der Waals surface area contributed by atoms with Gasteiger partial charge in [-0.3, -0.25) is 39.0 Å². The zero-order valence-electron chi connectivity index (χ0n) is 39.6. The first-order valence-corrected chi connectivity index (χ1v) is 23.7. The van der Waals surface area contributed by atoms with Gasteiger partial charge in [0.1, 0.15) is 36.2 Å². The molecule has 0 saturated carbocycles. The summed E-state index contributed by atoms with van der Waals surface area (Å²) in [5.74, 6) is -1.72. The van der Waals surface area contributed by atoms with Crippen LogP contribution >= 0.6 is 0 Å². The minimum atomic E-state index is -1.14. The fourth-order valence-corrected chi connectivity index (χ4v) is 8.56. The molecule has 0 spiro atoms. The molecule has 21 heteroatoms. The highest BCUT2D eigenvalue weighted by molar-refractivity contribution is 6.23. The quantitative estimate of drug-likeness (QED) is 0.0651. The Labute approximate surface area is 409 Å². The highest BCUT2D eigenvalue weighted by Gasteiger charge is 2.45. The van der Waals surface area contributed by atoms with Crippen LogP contribution in [-0.2, 0) is 37.4 Å². The average Bonchev–Trinajstić information content (AvgIpc) is 3.86. The molecule has 71 heavy (non-hydrogen) atoms. The van der Waals surface area contributed by atoms with Crippen molar-refractivity contribution in [1.29, 1.82) is 0 Å². The predicted octanol–water partition coefficient (Wildman–Crippen LogP) is 4.24. The van der Waals surface area contributed by atoms with E-state index in [9.17, 15) is 28.8 Å². The highest BCUT2D eigenvalue weighted by atomic mass is 19.1. The van der Waals surface area contributed by atoms with E-state index in [2.05, 4.69) is 36.1 Å². The first-order valence-electron chi connectivity index (χ1n) is 23.7. The van der Waals surface area contributed by atoms with Crippen molar-refractivity contribution in [2.75, 3.05) is 69.4 Å². The number of piperidine rings is 1. The number of anilines is 2. The Morgan fingerprint density at radius 1 is 0.859 bits per heavy atom. The van der Waals surface area contributed by atoms with E-state index in [1.807, 2.05) is 54.9 Å². The van der Waals surface area contributed by atoms with Crippen LogP contribution in [0.3, 0.4) is 0 Å². The first kappa shape index (κ1) is 49.8. The predicted molar refractivity (Wildman–Crippen MR) is 256 cm³/mol. The van der Waals surface area contributed by atoms with Crippen molar-refractivity contribution in [2.45, 2.75) is 64.1 Å². The second-order valence-electron chi connectivity index (χ2n) is 17.4. The van der Waals surface area contributed by atoms with Crippen molar-refractivity contribution in [3.63, 3.8) is 0 Å². The summed E-state index contributed by atoms with van der Waals surface area (Å²) in [7, 11) is 1.87. The molecule has 0 bridgehead atoms. The summed E-state index contributed by atoms with van der Waals surface area (Å²) < 4.78 is 34.6. The number of carbonyl (C=O) groups excluding carboxylic acids is 6. The third-order valence-corrected chi connectivity index (χ3v) is 12.5. The lowest BCUT2D eigenvalue weighted by atomic mass is 10.0. The number of fused-ring (bicyclic) bond motifs is 1. The molecule has 3 N–H and O–H groups in total. The molecule has 6 amide bonds. The molecular weight excluding hydrogens is 918 g/mol. The monoisotopic (exact) mass is 973 g/mol. The third-order valence-electron chi connectivity index (χ3n) is 12.5. The number of halogens is 1. The summed E-state index contributed by atoms with van der Waals surface area (Å²) in [6.07, 6.45) is 6.36. The van der Waals surface area contributed by atoms with Crippen LogP contribution in [0.15, 0.2) is 79.3 Å². The normalized spacial score (nSPS) is 16.2. The zero-order valence-corrected chi connectivity index (χ0v) is 39.6. The highest BCUT2D eigenvalue weighted by Crippen LogP contribution is 2.33. The van der Waals surface area contributed by atoms with Gasteiger partial charge >= 0.3 is 0 Å². The van der Waals surface area contributed by atoms with Crippen molar-refractivity contribution in [3.05, 3.63) is 113 Å². The van der Waals surface area contributed by atoms with Gasteiger partial charge in [-0.2, -0.15) is 0 Å². The molecule has 2 atom stereocenters. The fourth-order valence-electron chi connectivity index (χ4n) is 8.56. The summed E-state index contributed by atoms with van der Waals surface area (Å²) in [5, 5.41) is 17.1. The van der Waals surface area contributed by atoms with Crippen molar-refractivity contribution in [1.82, 2.24) is 45.2 Å². The molecule has 5 aromatic rings. The molecule has 8 rings (SSSR count). The molecule has 0 aliphatic carbocycles. The number of hydrogen-bond donors (Lipinski definition) is 3. The number of nitrogens with one attached hydrogen (secondary N) is 3. The van der Waals surface area contributed by atoms with Crippen LogP contribution in [0.2, 0.25) is 0 Å². The Morgan fingerprint density at radius 3 is 2.41 bits per heavy atom. The molecule has 2 fully saturated rings. The van der Waals surface area contributed by atoms with E-state index in [1.54, 1.807) is 34.2 Å². The molecule has 20 nitrogen and oxygen atoms in total. The molecule has 3 aliphatic heterocycles. The van der Waals surface area contributed by atoms with Gasteiger partial charge in [-0.05, 0) is 93.1 Å². The number of hydrogen-bond acceptors (Lipinski definition) is 15. The first-order chi connectivity index (χ1) is 34.4. The van der Waals surface area contributed by atoms with Crippen molar-refractivity contribution in [3.8, 4) is 17.3 Å². The summed E-state index contributed by atoms with van der Waals surface area (Å²) in [5.41, 5.74) is 2.87. The van der Waals surface area contributed by atoms with E-state index in [0.29, 0.717) is 88.5 Å². The largest absolute Gasteiger partial charge is 0.494 e. The van der Waals surface area contributed by atoms with E-state index in [1.165, 1.54) is 12.4 Å². The maximum Gasteiger partial charge on any atom is 0.262 e. The summed E-state index contributed by atoms with van der Waals surface area (Å²) in [6, 6.07) is 17.7. The van der Waals surface area contributed by atoms with Gasteiger partial charge in [0, 0.05) is 76.9 Å². The Hall–Kier alpha value is -7.65. The van der Waals surface area contributed by atoms with Crippen LogP contribution in [0.4, 0.5) is 15.8 Å². The number of piperazine rings is 1. The lowest BCUT2D eigenvalue weighted by Gasteiger charge is -2.36. The molecule has 5 heterocycles. The smallest absolute Gasteiger partial charge is 0.262 e. The Bertz CT molecular complexity index is 2750. The van der Waals surface area contributed by atoms with E-state index in [4.69, 9.17) is 14.2 Å². The van der Waals surface area contributed by atoms with Gasteiger partial charge in [0.25, 0.3) is 17.7 Å². The second kappa shape index (κ2) is 23.3. The maximum absolute atomic E-state index is 15.3. The average molecular weight is 974 g/mol. The molecule has 1 unspecified atom stereocenters. The van der Waals surface area contributed by atoms with Gasteiger partial charge in [0.05, 0.1) is 36.0 Å². The van der Waals surface area contributed by atoms with Gasteiger partial charge in [-0.25, -0.2) is 14.4 Å². The molecule has 372 valence electrons. The van der Waals surface area contributed by atoms with Gasteiger partial charge in [0.15, 0.2) is 11.6 Å². The van der Waals surface area contributed by atoms with Gasteiger partial charge in [-0.15, -0.1) is 10.2 Å². The minimum Gasteiger partial charge on any atom is -0.494 e. The van der Waals surface area contributed by atoms with Crippen LogP contribution in [0.1, 0.15) is 94.0 Å². The van der Waals surface area contributed by atoms with Crippen molar-refractivity contribution < 1.29 is 47.4 Å². The number of nitrogens with zero attached hydrogens (tertiary/aromatic N) is 8. The van der Waals surface area contributed by atoms with E-state index in [0.717, 1.165) is 47.2 Å². The van der Waals surface area contributed by atoms with E-state index < -0.39 is 35.5 Å². The number of rotatable bonds is 22. The lowest BCUT2D eigenvalue weighted by Crippen LogP contribution is -2.54. The standard InChI is InChI=1S/C50H56FN11O9/c1-32(55-47(65)34-10-6-11-35(25-34)53-29-43-57-58-46(59(43)2)40-15-16-52-31-54-40)33-9-7-12-36(26-33)71-24-5-3-4-21-69-22-8-23-70-30-45(64)61-19-17-60(18-20-61)42-28-38-37(27-39(42)51)49(67)62(50(38)68)41-13-14-44(63)56-48(41)66/h6-7,9-12,15-16,25-28,31-32,41,53H,3-5,8,13-14,17-24,29-30H2,1-2H3,(H,55,65)(H,56,63,66)/t32-,41?/m1/s1. The Kier molecular flexibility index (Phi) is 16.3. The molecule has 2 saturated heterocycles. The van der Waals surface area contributed by atoms with Crippen molar-refractivity contribution in [2.24, 2.45) is 7.05 Å². The van der Waals surface area contributed by atoms with Gasteiger partial charge in [0.2, 0.25) is 17.7 Å². The topological polar surface area (TPSA) is 232 Å². The number of ether oxygens (including phenoxy) is 3. The zero-order chi connectivity index (χ0) is 49.9. The third kappa shape index (κ3) is 12.2. The number of imide groups is 2. The molecule has 3 aromatic carbocycles.